The molecule has 0 saturated carbocycles. The molecule has 9 heteroatoms. The molecular formula is C24H26N4O3S2. The van der Waals surface area contributed by atoms with Crippen LogP contribution < -0.4 is 5.32 Å². The minimum Gasteiger partial charge on any atom is -0.322 e. The van der Waals surface area contributed by atoms with Crippen LogP contribution in [0.5, 0.6) is 0 Å². The van der Waals surface area contributed by atoms with E-state index in [1.807, 2.05) is 62.9 Å². The average Bonchev–Trinajstić information content (AvgIpc) is 3.38. The second kappa shape index (κ2) is 8.40. The van der Waals surface area contributed by atoms with Crippen LogP contribution in [0.25, 0.3) is 15.9 Å². The van der Waals surface area contributed by atoms with Gasteiger partial charge in [-0.1, -0.05) is 0 Å². The first-order chi connectivity index (χ1) is 15.5. The van der Waals surface area contributed by atoms with Gasteiger partial charge in [-0.3, -0.25) is 4.79 Å². The fourth-order valence-electron chi connectivity index (χ4n) is 3.80. The molecule has 172 valence electrons. The molecule has 0 saturated heterocycles. The van der Waals surface area contributed by atoms with E-state index in [0.29, 0.717) is 10.6 Å². The lowest BCUT2D eigenvalue weighted by Crippen LogP contribution is -2.23. The van der Waals surface area contributed by atoms with Crippen molar-refractivity contribution in [2.45, 2.75) is 32.6 Å². The lowest BCUT2D eigenvalue weighted by Gasteiger charge is -2.16. The SMILES string of the molecule is Cc1cc(C)c2c(-n3cccc3)c(C(=O)Nc3cc(S(=O)(=O)N(C)C)cc(C)c3C)sc2n1. The first-order valence-corrected chi connectivity index (χ1v) is 12.7. The van der Waals surface area contributed by atoms with Crippen molar-refractivity contribution < 1.29 is 13.2 Å². The Morgan fingerprint density at radius 1 is 1.03 bits per heavy atom. The topological polar surface area (TPSA) is 84.3 Å². The van der Waals surface area contributed by atoms with Crippen molar-refractivity contribution in [1.29, 1.82) is 0 Å². The first kappa shape index (κ1) is 23.2. The maximum absolute atomic E-state index is 13.6. The van der Waals surface area contributed by atoms with Crippen molar-refractivity contribution in [3.8, 4) is 5.69 Å². The van der Waals surface area contributed by atoms with E-state index < -0.39 is 10.0 Å². The molecule has 4 rings (SSSR count). The number of pyridine rings is 1. The van der Waals surface area contributed by atoms with Crippen molar-refractivity contribution in [3.63, 3.8) is 0 Å². The van der Waals surface area contributed by atoms with E-state index in [4.69, 9.17) is 0 Å². The van der Waals surface area contributed by atoms with E-state index in [1.165, 1.54) is 31.5 Å². The highest BCUT2D eigenvalue weighted by molar-refractivity contribution is 7.89. The summed E-state index contributed by atoms with van der Waals surface area (Å²) in [6.45, 7) is 7.65. The number of carbonyl (C=O) groups is 1. The number of anilines is 1. The van der Waals surface area contributed by atoms with Gasteiger partial charge >= 0.3 is 0 Å². The number of fused-ring (bicyclic) bond motifs is 1. The van der Waals surface area contributed by atoms with Gasteiger partial charge in [0.2, 0.25) is 10.0 Å². The maximum Gasteiger partial charge on any atom is 0.268 e. The van der Waals surface area contributed by atoms with Gasteiger partial charge in [0.15, 0.2) is 0 Å². The molecule has 0 unspecified atom stereocenters. The number of aryl methyl sites for hydroxylation is 3. The van der Waals surface area contributed by atoms with Crippen LogP contribution in [0.3, 0.4) is 0 Å². The molecular weight excluding hydrogens is 456 g/mol. The molecule has 0 aliphatic heterocycles. The largest absolute Gasteiger partial charge is 0.322 e. The molecule has 0 bridgehead atoms. The maximum atomic E-state index is 13.6. The van der Waals surface area contributed by atoms with E-state index in [2.05, 4.69) is 10.3 Å². The lowest BCUT2D eigenvalue weighted by atomic mass is 10.1. The number of sulfonamides is 1. The summed E-state index contributed by atoms with van der Waals surface area (Å²) in [4.78, 5) is 19.7. The summed E-state index contributed by atoms with van der Waals surface area (Å²) in [7, 11) is -0.670. The summed E-state index contributed by atoms with van der Waals surface area (Å²) in [6, 6.07) is 8.97. The Balaban J connectivity index is 1.85. The number of hydrogen-bond acceptors (Lipinski definition) is 5. The van der Waals surface area contributed by atoms with Crippen LogP contribution in [-0.4, -0.2) is 42.3 Å². The van der Waals surface area contributed by atoms with Crippen molar-refractivity contribution in [3.05, 3.63) is 70.0 Å². The van der Waals surface area contributed by atoms with Crippen LogP contribution in [0.4, 0.5) is 5.69 Å². The third kappa shape index (κ3) is 4.07. The van der Waals surface area contributed by atoms with Crippen LogP contribution in [0.2, 0.25) is 0 Å². The third-order valence-electron chi connectivity index (χ3n) is 5.70. The molecule has 0 spiro atoms. The smallest absolute Gasteiger partial charge is 0.268 e. The van der Waals surface area contributed by atoms with Crippen LogP contribution in [0, 0.1) is 27.7 Å². The number of carbonyl (C=O) groups excluding carboxylic acids is 1. The predicted octanol–water partition coefficient (Wildman–Crippen LogP) is 4.82. The van der Waals surface area contributed by atoms with Gasteiger partial charge in [0.1, 0.15) is 9.71 Å². The summed E-state index contributed by atoms with van der Waals surface area (Å²) < 4.78 is 28.5. The van der Waals surface area contributed by atoms with E-state index in [9.17, 15) is 13.2 Å². The zero-order chi connectivity index (χ0) is 24.1. The van der Waals surface area contributed by atoms with Crippen molar-refractivity contribution in [1.82, 2.24) is 13.9 Å². The van der Waals surface area contributed by atoms with E-state index in [0.717, 1.165) is 42.6 Å². The van der Waals surface area contributed by atoms with Gasteiger partial charge in [-0.25, -0.2) is 17.7 Å². The molecule has 4 aromatic rings. The lowest BCUT2D eigenvalue weighted by molar-refractivity contribution is 0.103. The second-order valence-corrected chi connectivity index (χ2v) is 11.4. The normalized spacial score (nSPS) is 12.0. The molecule has 0 aliphatic rings. The van der Waals surface area contributed by atoms with E-state index in [1.54, 1.807) is 6.07 Å². The number of amides is 1. The molecule has 0 aliphatic carbocycles. The average molecular weight is 483 g/mol. The summed E-state index contributed by atoms with van der Waals surface area (Å²) in [5.41, 5.74) is 4.77. The minimum atomic E-state index is -3.64. The first-order valence-electron chi connectivity index (χ1n) is 10.4. The van der Waals surface area contributed by atoms with Gasteiger partial charge in [0.25, 0.3) is 5.91 Å². The monoisotopic (exact) mass is 482 g/mol. The van der Waals surface area contributed by atoms with Crippen molar-refractivity contribution in [2.75, 3.05) is 19.4 Å². The number of nitrogens with one attached hydrogen (secondary N) is 1. The molecule has 33 heavy (non-hydrogen) atoms. The molecule has 7 nitrogen and oxygen atoms in total. The predicted molar refractivity (Wildman–Crippen MR) is 133 cm³/mol. The van der Waals surface area contributed by atoms with Gasteiger partial charge in [0.05, 0.1) is 10.6 Å². The Kier molecular flexibility index (Phi) is 5.90. The number of rotatable bonds is 5. The Labute approximate surface area is 197 Å². The molecule has 3 heterocycles. The molecule has 0 radical (unpaired) electrons. The second-order valence-electron chi connectivity index (χ2n) is 8.29. The highest BCUT2D eigenvalue weighted by Gasteiger charge is 2.24. The molecule has 0 fully saturated rings. The Morgan fingerprint density at radius 3 is 2.33 bits per heavy atom. The molecule has 1 aromatic carbocycles. The number of nitrogens with zero attached hydrogens (tertiary/aromatic N) is 3. The van der Waals surface area contributed by atoms with Crippen LogP contribution in [-0.2, 0) is 10.0 Å². The molecule has 1 amide bonds. The van der Waals surface area contributed by atoms with Gasteiger partial charge in [-0.15, -0.1) is 11.3 Å². The number of hydrogen-bond donors (Lipinski definition) is 1. The Hall–Kier alpha value is -3.01. The molecule has 0 atom stereocenters. The summed E-state index contributed by atoms with van der Waals surface area (Å²) in [6.07, 6.45) is 3.80. The fourth-order valence-corrected chi connectivity index (χ4v) is 6.01. The standard InChI is InChI=1S/C24H26N4O3S2/c1-14-12-18(33(30,31)27(5)6)13-19(17(14)4)26-23(29)22-21(28-9-7-8-10-28)20-15(2)11-16(3)25-24(20)32-22/h7-13H,1-6H3,(H,26,29). The highest BCUT2D eigenvalue weighted by atomic mass is 32.2. The Bertz CT molecular complexity index is 1480. The number of benzene rings is 1. The third-order valence-corrected chi connectivity index (χ3v) is 8.56. The van der Waals surface area contributed by atoms with Crippen molar-refractivity contribution in [2.24, 2.45) is 0 Å². The van der Waals surface area contributed by atoms with Gasteiger partial charge in [-0.05, 0) is 74.7 Å². The zero-order valence-electron chi connectivity index (χ0n) is 19.4. The van der Waals surface area contributed by atoms with Crippen LogP contribution in [0.1, 0.15) is 32.1 Å². The van der Waals surface area contributed by atoms with E-state index >= 15 is 0 Å². The highest BCUT2D eigenvalue weighted by Crippen LogP contribution is 2.37. The summed E-state index contributed by atoms with van der Waals surface area (Å²) in [5.74, 6) is -0.305. The zero-order valence-corrected chi connectivity index (χ0v) is 21.1. The van der Waals surface area contributed by atoms with Crippen LogP contribution >= 0.6 is 11.3 Å². The van der Waals surface area contributed by atoms with Gasteiger partial charge < -0.3 is 9.88 Å². The fraction of sp³-hybridized carbons (Fsp3) is 0.250. The summed E-state index contributed by atoms with van der Waals surface area (Å²) >= 11 is 1.33. The van der Waals surface area contributed by atoms with E-state index in [-0.39, 0.29) is 10.8 Å². The quantitative estimate of drug-likeness (QED) is 0.442. The Morgan fingerprint density at radius 2 is 1.70 bits per heavy atom. The van der Waals surface area contributed by atoms with Gasteiger partial charge in [0, 0.05) is 43.3 Å². The molecule has 3 aromatic heterocycles. The minimum absolute atomic E-state index is 0.140. The summed E-state index contributed by atoms with van der Waals surface area (Å²) in [5, 5.41) is 3.90. The number of aromatic nitrogens is 2. The van der Waals surface area contributed by atoms with Crippen LogP contribution in [0.15, 0.2) is 47.6 Å². The number of thiophene rings is 1. The molecule has 1 N–H and O–H groups in total. The van der Waals surface area contributed by atoms with Gasteiger partial charge in [-0.2, -0.15) is 0 Å². The van der Waals surface area contributed by atoms with Crippen molar-refractivity contribution >= 4 is 43.2 Å².